The summed E-state index contributed by atoms with van der Waals surface area (Å²) in [4.78, 5) is 0.166. The Balaban J connectivity index is 2.06. The molecule has 1 aromatic rings. The molecule has 1 fully saturated rings. The van der Waals surface area contributed by atoms with Crippen molar-refractivity contribution >= 4 is 21.6 Å². The summed E-state index contributed by atoms with van der Waals surface area (Å²) in [7, 11) is -3.46. The van der Waals surface area contributed by atoms with Crippen molar-refractivity contribution in [2.24, 2.45) is 5.92 Å². The Morgan fingerprint density at radius 2 is 1.88 bits per heavy atom. The zero-order chi connectivity index (χ0) is 12.3. The van der Waals surface area contributed by atoms with Crippen LogP contribution in [-0.2, 0) is 10.0 Å². The van der Waals surface area contributed by atoms with Gasteiger partial charge in [0.2, 0.25) is 10.0 Å². The lowest BCUT2D eigenvalue weighted by Crippen LogP contribution is -2.28. The van der Waals surface area contributed by atoms with Gasteiger partial charge >= 0.3 is 0 Å². The summed E-state index contributed by atoms with van der Waals surface area (Å²) in [6.45, 7) is 0.521. The number of hydrogen-bond acceptors (Lipinski definition) is 2. The smallest absolute Gasteiger partial charge is 0.211 e. The predicted molar refractivity (Wildman–Crippen MR) is 68.6 cm³/mol. The second-order valence-corrected chi connectivity index (χ2v) is 6.58. The number of halogens is 1. The standard InChI is InChI=1S/C12H16ClNO2S/c13-11-7-3-4-8-12(11)17(15,16)14-9-10-5-1-2-6-10/h3-4,7-8,10,14H,1-2,5-6,9H2. The van der Waals surface area contributed by atoms with Crippen LogP contribution in [0.5, 0.6) is 0 Å². The fourth-order valence-corrected chi connectivity index (χ4v) is 3.82. The van der Waals surface area contributed by atoms with Crippen LogP contribution in [0.2, 0.25) is 5.02 Å². The molecule has 1 aromatic carbocycles. The maximum absolute atomic E-state index is 12.0. The average molecular weight is 274 g/mol. The fourth-order valence-electron chi connectivity index (χ4n) is 2.18. The second-order valence-electron chi connectivity index (χ2n) is 4.43. The van der Waals surface area contributed by atoms with Crippen LogP contribution in [0.3, 0.4) is 0 Å². The predicted octanol–water partition coefficient (Wildman–Crippen LogP) is 2.81. The van der Waals surface area contributed by atoms with Crippen molar-refractivity contribution in [1.82, 2.24) is 4.72 Å². The molecule has 1 saturated carbocycles. The van der Waals surface area contributed by atoms with Crippen molar-refractivity contribution in [3.63, 3.8) is 0 Å². The van der Waals surface area contributed by atoms with E-state index in [1.165, 1.54) is 18.9 Å². The Morgan fingerprint density at radius 3 is 2.53 bits per heavy atom. The molecular weight excluding hydrogens is 258 g/mol. The van der Waals surface area contributed by atoms with E-state index in [1.54, 1.807) is 18.2 Å². The molecule has 0 aromatic heterocycles. The van der Waals surface area contributed by atoms with E-state index < -0.39 is 10.0 Å². The normalized spacial score (nSPS) is 17.5. The molecule has 2 rings (SSSR count). The highest BCUT2D eigenvalue weighted by atomic mass is 35.5. The number of nitrogens with one attached hydrogen (secondary N) is 1. The van der Waals surface area contributed by atoms with Crippen LogP contribution in [0.1, 0.15) is 25.7 Å². The molecule has 0 heterocycles. The minimum Gasteiger partial charge on any atom is -0.211 e. The first-order valence-corrected chi connectivity index (χ1v) is 7.70. The summed E-state index contributed by atoms with van der Waals surface area (Å²) < 4.78 is 26.7. The van der Waals surface area contributed by atoms with Crippen molar-refractivity contribution in [2.45, 2.75) is 30.6 Å². The molecule has 1 aliphatic carbocycles. The maximum Gasteiger partial charge on any atom is 0.242 e. The van der Waals surface area contributed by atoms with Gasteiger partial charge in [-0.2, -0.15) is 0 Å². The Morgan fingerprint density at radius 1 is 1.24 bits per heavy atom. The van der Waals surface area contributed by atoms with Crippen molar-refractivity contribution in [3.05, 3.63) is 29.3 Å². The molecule has 0 atom stereocenters. The van der Waals surface area contributed by atoms with Gasteiger partial charge in [0.05, 0.1) is 5.02 Å². The molecule has 17 heavy (non-hydrogen) atoms. The number of sulfonamides is 1. The molecule has 0 aliphatic heterocycles. The van der Waals surface area contributed by atoms with Gasteiger partial charge in [0.1, 0.15) is 4.90 Å². The van der Waals surface area contributed by atoms with Gasteiger partial charge in [-0.05, 0) is 30.9 Å². The van der Waals surface area contributed by atoms with Crippen LogP contribution >= 0.6 is 11.6 Å². The van der Waals surface area contributed by atoms with Gasteiger partial charge in [-0.25, -0.2) is 13.1 Å². The summed E-state index contributed by atoms with van der Waals surface area (Å²) >= 11 is 5.89. The first-order valence-electron chi connectivity index (χ1n) is 5.84. The van der Waals surface area contributed by atoms with Gasteiger partial charge in [-0.1, -0.05) is 36.6 Å². The van der Waals surface area contributed by atoms with E-state index in [2.05, 4.69) is 4.72 Å². The van der Waals surface area contributed by atoms with Crippen LogP contribution in [-0.4, -0.2) is 15.0 Å². The van der Waals surface area contributed by atoms with E-state index >= 15 is 0 Å². The summed E-state index contributed by atoms with van der Waals surface area (Å²) in [5.74, 6) is 0.479. The van der Waals surface area contributed by atoms with Crippen LogP contribution in [0.4, 0.5) is 0 Å². The molecular formula is C12H16ClNO2S. The summed E-state index contributed by atoms with van der Waals surface area (Å²) in [6.07, 6.45) is 4.65. The highest BCUT2D eigenvalue weighted by Gasteiger charge is 2.21. The minimum absolute atomic E-state index is 0.166. The average Bonchev–Trinajstić information content (AvgIpc) is 2.80. The Hall–Kier alpha value is -0.580. The Bertz CT molecular complexity index is 481. The molecule has 1 aliphatic rings. The van der Waals surface area contributed by atoms with Crippen molar-refractivity contribution < 1.29 is 8.42 Å². The largest absolute Gasteiger partial charge is 0.242 e. The topological polar surface area (TPSA) is 46.2 Å². The third kappa shape index (κ3) is 3.21. The Kier molecular flexibility index (Phi) is 4.07. The monoisotopic (exact) mass is 273 g/mol. The van der Waals surface area contributed by atoms with E-state index in [-0.39, 0.29) is 9.92 Å². The zero-order valence-electron chi connectivity index (χ0n) is 9.52. The van der Waals surface area contributed by atoms with Gasteiger partial charge in [0, 0.05) is 6.54 Å². The Labute approximate surface area is 107 Å². The van der Waals surface area contributed by atoms with E-state index in [4.69, 9.17) is 11.6 Å². The molecule has 1 N–H and O–H groups in total. The number of benzene rings is 1. The van der Waals surface area contributed by atoms with Crippen molar-refractivity contribution in [3.8, 4) is 0 Å². The SMILES string of the molecule is O=S(=O)(NCC1CCCC1)c1ccccc1Cl. The highest BCUT2D eigenvalue weighted by molar-refractivity contribution is 7.89. The molecule has 0 bridgehead atoms. The lowest BCUT2D eigenvalue weighted by atomic mass is 10.1. The first kappa shape index (κ1) is 12.9. The lowest BCUT2D eigenvalue weighted by molar-refractivity contribution is 0.519. The van der Waals surface area contributed by atoms with Crippen LogP contribution in [0.25, 0.3) is 0 Å². The molecule has 0 radical (unpaired) electrons. The third-order valence-corrected chi connectivity index (χ3v) is 5.09. The highest BCUT2D eigenvalue weighted by Crippen LogP contribution is 2.25. The molecule has 5 heteroatoms. The summed E-state index contributed by atoms with van der Waals surface area (Å²) in [5.41, 5.74) is 0. The number of hydrogen-bond donors (Lipinski definition) is 1. The molecule has 0 spiro atoms. The minimum atomic E-state index is -3.46. The van der Waals surface area contributed by atoms with Gasteiger partial charge in [-0.15, -0.1) is 0 Å². The van der Waals surface area contributed by atoms with Crippen LogP contribution < -0.4 is 4.72 Å². The van der Waals surface area contributed by atoms with E-state index in [9.17, 15) is 8.42 Å². The van der Waals surface area contributed by atoms with E-state index in [0.29, 0.717) is 12.5 Å². The van der Waals surface area contributed by atoms with Gasteiger partial charge in [0.25, 0.3) is 0 Å². The fraction of sp³-hybridized carbons (Fsp3) is 0.500. The first-order chi connectivity index (χ1) is 8.09. The van der Waals surface area contributed by atoms with Crippen molar-refractivity contribution in [1.29, 1.82) is 0 Å². The van der Waals surface area contributed by atoms with Gasteiger partial charge in [0.15, 0.2) is 0 Å². The van der Waals surface area contributed by atoms with Gasteiger partial charge < -0.3 is 0 Å². The lowest BCUT2D eigenvalue weighted by Gasteiger charge is -2.11. The molecule has 3 nitrogen and oxygen atoms in total. The third-order valence-electron chi connectivity index (χ3n) is 3.16. The number of rotatable bonds is 4. The van der Waals surface area contributed by atoms with Crippen LogP contribution in [0.15, 0.2) is 29.2 Å². The second kappa shape index (κ2) is 5.38. The van der Waals surface area contributed by atoms with Crippen LogP contribution in [0, 0.1) is 5.92 Å². The molecule has 94 valence electrons. The zero-order valence-corrected chi connectivity index (χ0v) is 11.1. The van der Waals surface area contributed by atoms with Crippen molar-refractivity contribution in [2.75, 3.05) is 6.54 Å². The molecule has 0 saturated heterocycles. The van der Waals surface area contributed by atoms with E-state index in [0.717, 1.165) is 12.8 Å². The molecule has 0 amide bonds. The van der Waals surface area contributed by atoms with E-state index in [1.807, 2.05) is 0 Å². The molecule has 0 unspecified atom stereocenters. The quantitative estimate of drug-likeness (QED) is 0.917. The van der Waals surface area contributed by atoms with Gasteiger partial charge in [-0.3, -0.25) is 0 Å². The summed E-state index contributed by atoms with van der Waals surface area (Å²) in [5, 5.41) is 0.270. The maximum atomic E-state index is 12.0. The summed E-state index contributed by atoms with van der Waals surface area (Å²) in [6, 6.07) is 6.51.